The fourth-order valence-electron chi connectivity index (χ4n) is 5.85. The molecule has 0 saturated carbocycles. The molecule has 0 bridgehead atoms. The van der Waals surface area contributed by atoms with Crippen LogP contribution in [0.3, 0.4) is 0 Å². The molecular weight excluding hydrogens is 526 g/mol. The molecular formula is C33H43N7O2. The first kappa shape index (κ1) is 29.7. The highest BCUT2D eigenvalue weighted by atomic mass is 16.2. The predicted molar refractivity (Wildman–Crippen MR) is 167 cm³/mol. The SMILES string of the molecule is CNCCCNCc1ccc(-c2c3ncn(CC4(C)CCN(C(=O)CCc5ccccc5)CC4)c(=O)c3nn2C)cc1. The molecule has 5 rings (SSSR count). The number of nitrogens with zero attached hydrogens (tertiary/aromatic N) is 5. The summed E-state index contributed by atoms with van der Waals surface area (Å²) in [6, 6.07) is 18.5. The lowest BCUT2D eigenvalue weighted by molar-refractivity contribution is -0.133. The van der Waals surface area contributed by atoms with Crippen molar-refractivity contribution in [3.05, 3.63) is 82.4 Å². The van der Waals surface area contributed by atoms with Crippen molar-refractivity contribution in [3.63, 3.8) is 0 Å². The summed E-state index contributed by atoms with van der Waals surface area (Å²) >= 11 is 0. The summed E-state index contributed by atoms with van der Waals surface area (Å²) in [5, 5.41) is 11.2. The number of benzene rings is 2. The fraction of sp³-hybridized carbons (Fsp3) is 0.455. The first-order chi connectivity index (χ1) is 20.4. The minimum atomic E-state index is -0.119. The Kier molecular flexibility index (Phi) is 9.49. The molecule has 2 aromatic carbocycles. The number of amides is 1. The van der Waals surface area contributed by atoms with Gasteiger partial charge in [0.2, 0.25) is 5.91 Å². The zero-order valence-corrected chi connectivity index (χ0v) is 25.1. The number of aromatic nitrogens is 4. The zero-order valence-electron chi connectivity index (χ0n) is 25.1. The van der Waals surface area contributed by atoms with Gasteiger partial charge in [-0.2, -0.15) is 5.10 Å². The van der Waals surface area contributed by atoms with Crippen LogP contribution in [0.25, 0.3) is 22.3 Å². The van der Waals surface area contributed by atoms with E-state index < -0.39 is 0 Å². The maximum atomic E-state index is 13.6. The van der Waals surface area contributed by atoms with Crippen molar-refractivity contribution in [2.24, 2.45) is 12.5 Å². The highest BCUT2D eigenvalue weighted by Crippen LogP contribution is 2.33. The van der Waals surface area contributed by atoms with Crippen molar-refractivity contribution in [3.8, 4) is 11.3 Å². The van der Waals surface area contributed by atoms with Crippen molar-refractivity contribution in [1.82, 2.24) is 34.9 Å². The Hall–Kier alpha value is -3.82. The molecule has 0 spiro atoms. The first-order valence-electron chi connectivity index (χ1n) is 15.1. The average molecular weight is 570 g/mol. The van der Waals surface area contributed by atoms with E-state index in [-0.39, 0.29) is 16.9 Å². The monoisotopic (exact) mass is 569 g/mol. The minimum absolute atomic E-state index is 0.0933. The van der Waals surface area contributed by atoms with E-state index in [1.807, 2.05) is 37.2 Å². The summed E-state index contributed by atoms with van der Waals surface area (Å²) in [5.41, 5.74) is 5.03. The van der Waals surface area contributed by atoms with Gasteiger partial charge in [0, 0.05) is 45.2 Å². The van der Waals surface area contributed by atoms with Gasteiger partial charge in [0.25, 0.3) is 5.56 Å². The smallest absolute Gasteiger partial charge is 0.281 e. The first-order valence-corrected chi connectivity index (χ1v) is 15.1. The van der Waals surface area contributed by atoms with Gasteiger partial charge in [-0.1, -0.05) is 61.5 Å². The van der Waals surface area contributed by atoms with Crippen LogP contribution >= 0.6 is 0 Å². The molecule has 2 aromatic heterocycles. The second-order valence-electron chi connectivity index (χ2n) is 11.9. The lowest BCUT2D eigenvalue weighted by atomic mass is 9.80. The van der Waals surface area contributed by atoms with Crippen LogP contribution in [0.2, 0.25) is 0 Å². The van der Waals surface area contributed by atoms with Crippen LogP contribution in [0.5, 0.6) is 0 Å². The van der Waals surface area contributed by atoms with Gasteiger partial charge in [0.05, 0.1) is 12.0 Å². The minimum Gasteiger partial charge on any atom is -0.343 e. The average Bonchev–Trinajstić information content (AvgIpc) is 3.35. The molecule has 9 nitrogen and oxygen atoms in total. The van der Waals surface area contributed by atoms with Gasteiger partial charge in [0.15, 0.2) is 5.52 Å². The summed E-state index contributed by atoms with van der Waals surface area (Å²) in [6.07, 6.45) is 5.74. The lowest BCUT2D eigenvalue weighted by Gasteiger charge is -2.39. The van der Waals surface area contributed by atoms with Crippen molar-refractivity contribution in [2.75, 3.05) is 33.2 Å². The third-order valence-corrected chi connectivity index (χ3v) is 8.49. The summed E-state index contributed by atoms with van der Waals surface area (Å²) < 4.78 is 3.46. The summed E-state index contributed by atoms with van der Waals surface area (Å²) in [6.45, 7) is 6.97. The maximum Gasteiger partial charge on any atom is 0.281 e. The Morgan fingerprint density at radius 3 is 2.43 bits per heavy atom. The second kappa shape index (κ2) is 13.4. The van der Waals surface area contributed by atoms with Crippen LogP contribution < -0.4 is 16.2 Å². The highest BCUT2D eigenvalue weighted by Gasteiger charge is 2.33. The van der Waals surface area contributed by atoms with Gasteiger partial charge in [-0.15, -0.1) is 0 Å². The molecule has 42 heavy (non-hydrogen) atoms. The summed E-state index contributed by atoms with van der Waals surface area (Å²) in [5.74, 6) is 0.205. The van der Waals surface area contributed by atoms with Crippen LogP contribution in [-0.4, -0.2) is 63.4 Å². The molecule has 1 amide bonds. The molecule has 0 aliphatic carbocycles. The Morgan fingerprint density at radius 1 is 0.976 bits per heavy atom. The molecule has 0 radical (unpaired) electrons. The molecule has 1 aliphatic rings. The second-order valence-corrected chi connectivity index (χ2v) is 11.9. The van der Waals surface area contributed by atoms with Gasteiger partial charge in [-0.05, 0) is 62.4 Å². The van der Waals surface area contributed by atoms with E-state index in [2.05, 4.69) is 59.1 Å². The number of rotatable bonds is 12. The van der Waals surface area contributed by atoms with E-state index in [9.17, 15) is 9.59 Å². The van der Waals surface area contributed by atoms with Crippen molar-refractivity contribution in [2.45, 2.75) is 52.1 Å². The van der Waals surface area contributed by atoms with Gasteiger partial charge in [-0.25, -0.2) is 4.98 Å². The molecule has 1 fully saturated rings. The van der Waals surface area contributed by atoms with Crippen molar-refractivity contribution in [1.29, 1.82) is 0 Å². The predicted octanol–water partition coefficient (Wildman–Crippen LogP) is 3.76. The number of carbonyl (C=O) groups excluding carboxylic acids is 1. The number of piperidine rings is 1. The maximum absolute atomic E-state index is 13.6. The van der Waals surface area contributed by atoms with E-state index in [4.69, 9.17) is 4.98 Å². The Balaban J connectivity index is 1.22. The summed E-state index contributed by atoms with van der Waals surface area (Å²) in [4.78, 5) is 33.1. The van der Waals surface area contributed by atoms with Crippen LogP contribution in [0.1, 0.15) is 43.7 Å². The van der Waals surface area contributed by atoms with Crippen LogP contribution in [0.4, 0.5) is 0 Å². The standard InChI is InChI=1S/C33H43N7O2/c1-33(16-20-39(21-17-33)28(41)15-12-25-8-5-4-6-9-25)23-40-24-36-29-30(32(40)42)37-38(3)31(29)27-13-10-26(11-14-27)22-35-19-7-18-34-2/h4-6,8-11,13-14,24,34-35H,7,12,15-23H2,1-3H3. The van der Waals surface area contributed by atoms with Gasteiger partial charge >= 0.3 is 0 Å². The fourth-order valence-corrected chi connectivity index (χ4v) is 5.85. The zero-order chi connectivity index (χ0) is 29.5. The molecule has 4 aromatic rings. The molecule has 1 aliphatic heterocycles. The molecule has 0 atom stereocenters. The van der Waals surface area contributed by atoms with Crippen LogP contribution in [0, 0.1) is 5.41 Å². The summed E-state index contributed by atoms with van der Waals surface area (Å²) in [7, 11) is 3.83. The normalized spacial score (nSPS) is 14.9. The van der Waals surface area contributed by atoms with Crippen LogP contribution in [-0.2, 0) is 31.4 Å². The molecule has 3 heterocycles. The topological polar surface area (TPSA) is 97.1 Å². The Labute approximate surface area is 247 Å². The van der Waals surface area contributed by atoms with Gasteiger partial charge in [0.1, 0.15) is 5.52 Å². The molecule has 9 heteroatoms. The van der Waals surface area contributed by atoms with E-state index in [1.165, 1.54) is 11.1 Å². The van der Waals surface area contributed by atoms with Crippen LogP contribution in [0.15, 0.2) is 65.7 Å². The molecule has 0 unspecified atom stereocenters. The molecule has 1 saturated heterocycles. The number of hydrogen-bond donors (Lipinski definition) is 2. The number of aryl methyl sites for hydroxylation is 2. The quantitative estimate of drug-likeness (QED) is 0.252. The number of fused-ring (bicyclic) bond motifs is 1. The number of hydrogen-bond acceptors (Lipinski definition) is 6. The third kappa shape index (κ3) is 6.97. The Bertz CT molecular complexity index is 1530. The van der Waals surface area contributed by atoms with Crippen molar-refractivity contribution >= 4 is 16.9 Å². The van der Waals surface area contributed by atoms with E-state index in [1.54, 1.807) is 15.6 Å². The molecule has 2 N–H and O–H groups in total. The highest BCUT2D eigenvalue weighted by molar-refractivity contribution is 5.89. The van der Waals surface area contributed by atoms with Gasteiger partial charge < -0.3 is 15.5 Å². The number of likely N-dealkylation sites (tertiary alicyclic amines) is 1. The van der Waals surface area contributed by atoms with Crippen molar-refractivity contribution < 1.29 is 4.79 Å². The number of carbonyl (C=O) groups is 1. The van der Waals surface area contributed by atoms with E-state index in [0.717, 1.165) is 56.6 Å². The van der Waals surface area contributed by atoms with E-state index >= 15 is 0 Å². The largest absolute Gasteiger partial charge is 0.343 e. The van der Waals surface area contributed by atoms with Gasteiger partial charge in [-0.3, -0.25) is 18.8 Å². The Morgan fingerprint density at radius 2 is 1.71 bits per heavy atom. The lowest BCUT2D eigenvalue weighted by Crippen LogP contribution is -2.44. The van der Waals surface area contributed by atoms with E-state index in [0.29, 0.717) is 37.1 Å². The molecule has 222 valence electrons. The third-order valence-electron chi connectivity index (χ3n) is 8.49. The number of nitrogens with one attached hydrogen (secondary N) is 2.